The summed E-state index contributed by atoms with van der Waals surface area (Å²) in [6.45, 7) is 2.85. The molecule has 3 nitrogen and oxygen atoms in total. The summed E-state index contributed by atoms with van der Waals surface area (Å²) in [4.78, 5) is 11.2. The van der Waals surface area contributed by atoms with Gasteiger partial charge in [0, 0.05) is 10.7 Å². The lowest BCUT2D eigenvalue weighted by molar-refractivity contribution is -0.148. The fraction of sp³-hybridized carbons (Fsp3) is 0.182. The fourth-order valence-electron chi connectivity index (χ4n) is 0.994. The van der Waals surface area contributed by atoms with Gasteiger partial charge in [-0.2, -0.15) is 4.39 Å². The number of carbonyl (C=O) groups is 1. The maximum atomic E-state index is 13.3. The van der Waals surface area contributed by atoms with Crippen molar-refractivity contribution in [1.29, 1.82) is 0 Å². The van der Waals surface area contributed by atoms with Gasteiger partial charge in [0.15, 0.2) is 0 Å². The number of carbonyl (C=O) groups excluding carboxylic acids is 1. The number of alkyl halides is 3. The van der Waals surface area contributed by atoms with Crippen molar-refractivity contribution in [2.45, 2.75) is 12.3 Å². The largest absolute Gasteiger partial charge is 0.414 e. The molecule has 1 unspecified atom stereocenters. The van der Waals surface area contributed by atoms with Crippen LogP contribution in [0.4, 0.5) is 23.7 Å². The molecule has 0 saturated carbocycles. The first-order chi connectivity index (χ1) is 8.37. The molecular formula is C11H9ClF3NO2. The van der Waals surface area contributed by atoms with Crippen molar-refractivity contribution in [3.05, 3.63) is 41.9 Å². The molecule has 0 radical (unpaired) electrons. The minimum atomic E-state index is -3.52. The summed E-state index contributed by atoms with van der Waals surface area (Å²) >= 11 is 5.60. The van der Waals surface area contributed by atoms with Crippen LogP contribution in [-0.4, -0.2) is 18.4 Å². The predicted molar refractivity (Wildman–Crippen MR) is 61.6 cm³/mol. The molecule has 0 aromatic heterocycles. The van der Waals surface area contributed by atoms with E-state index in [0.29, 0.717) is 5.02 Å². The summed E-state index contributed by atoms with van der Waals surface area (Å²) in [5.41, 5.74) is 0.227. The number of hydrogen-bond donors (Lipinski definition) is 1. The maximum Gasteiger partial charge on any atom is 0.414 e. The van der Waals surface area contributed by atoms with Crippen molar-refractivity contribution < 1.29 is 22.7 Å². The van der Waals surface area contributed by atoms with Crippen LogP contribution in [0.5, 0.6) is 0 Å². The van der Waals surface area contributed by atoms with E-state index < -0.39 is 18.4 Å². The van der Waals surface area contributed by atoms with Crippen LogP contribution in [0.1, 0.15) is 0 Å². The van der Waals surface area contributed by atoms with E-state index in [1.165, 1.54) is 24.3 Å². The van der Waals surface area contributed by atoms with E-state index in [9.17, 15) is 18.0 Å². The number of ether oxygens (including phenoxy) is 1. The Morgan fingerprint density at radius 3 is 2.44 bits per heavy atom. The number of hydrogen-bond acceptors (Lipinski definition) is 2. The van der Waals surface area contributed by atoms with E-state index in [1.807, 2.05) is 0 Å². The normalized spacial score (nSPS) is 13.8. The van der Waals surface area contributed by atoms with E-state index in [-0.39, 0.29) is 11.8 Å². The quantitative estimate of drug-likeness (QED) is 0.846. The highest BCUT2D eigenvalue weighted by Gasteiger charge is 2.41. The molecule has 7 heteroatoms. The van der Waals surface area contributed by atoms with Crippen LogP contribution in [0, 0.1) is 0 Å². The van der Waals surface area contributed by atoms with Gasteiger partial charge in [-0.15, -0.1) is 0 Å². The van der Waals surface area contributed by atoms with E-state index in [0.717, 1.165) is 0 Å². The summed E-state index contributed by atoms with van der Waals surface area (Å²) in [5.74, 6) is -3.52. The van der Waals surface area contributed by atoms with Crippen LogP contribution in [-0.2, 0) is 4.74 Å². The molecule has 98 valence electrons. The highest BCUT2D eigenvalue weighted by Crippen LogP contribution is 2.24. The molecule has 0 aliphatic heterocycles. The average Bonchev–Trinajstić information content (AvgIpc) is 2.31. The minimum Gasteiger partial charge on any atom is -0.402 e. The first kappa shape index (κ1) is 14.4. The smallest absolute Gasteiger partial charge is 0.402 e. The molecule has 1 N–H and O–H groups in total. The summed E-state index contributed by atoms with van der Waals surface area (Å²) in [7, 11) is 0. The lowest BCUT2D eigenvalue weighted by atomic mass is 10.3. The van der Waals surface area contributed by atoms with Gasteiger partial charge in [-0.25, -0.2) is 13.6 Å². The van der Waals surface area contributed by atoms with E-state index in [1.54, 1.807) is 0 Å². The van der Waals surface area contributed by atoms with E-state index >= 15 is 0 Å². The molecule has 1 amide bonds. The van der Waals surface area contributed by atoms with Gasteiger partial charge in [-0.1, -0.05) is 18.2 Å². The summed E-state index contributed by atoms with van der Waals surface area (Å²) in [6, 6.07) is 5.72. The molecule has 0 bridgehead atoms. The van der Waals surface area contributed by atoms with Gasteiger partial charge in [0.1, 0.15) is 0 Å². The molecular weight excluding hydrogens is 271 g/mol. The molecule has 0 fully saturated rings. The van der Waals surface area contributed by atoms with Gasteiger partial charge < -0.3 is 4.74 Å². The lowest BCUT2D eigenvalue weighted by Crippen LogP contribution is -2.37. The average molecular weight is 280 g/mol. The highest BCUT2D eigenvalue weighted by atomic mass is 35.5. The Morgan fingerprint density at radius 1 is 1.44 bits per heavy atom. The van der Waals surface area contributed by atoms with Crippen LogP contribution >= 0.6 is 11.6 Å². The van der Waals surface area contributed by atoms with Crippen LogP contribution in [0.15, 0.2) is 36.9 Å². The minimum absolute atomic E-state index is 0.221. The van der Waals surface area contributed by atoms with Gasteiger partial charge in [-0.05, 0) is 30.3 Å². The van der Waals surface area contributed by atoms with Crippen LogP contribution < -0.4 is 5.32 Å². The second-order valence-electron chi connectivity index (χ2n) is 3.22. The highest BCUT2D eigenvalue weighted by molar-refractivity contribution is 6.30. The second-order valence-corrected chi connectivity index (χ2v) is 3.66. The Hall–Kier alpha value is -1.69. The monoisotopic (exact) mass is 279 g/mol. The Kier molecular flexibility index (Phi) is 4.61. The molecule has 0 spiro atoms. The number of halogens is 4. The zero-order valence-corrected chi connectivity index (χ0v) is 9.76. The zero-order chi connectivity index (χ0) is 13.8. The molecule has 1 atom stereocenters. The van der Waals surface area contributed by atoms with Gasteiger partial charge in [0.25, 0.3) is 0 Å². The van der Waals surface area contributed by atoms with Gasteiger partial charge in [-0.3, -0.25) is 5.32 Å². The van der Waals surface area contributed by atoms with E-state index in [2.05, 4.69) is 16.6 Å². The Bertz CT molecular complexity index is 438. The molecule has 18 heavy (non-hydrogen) atoms. The standard InChI is InChI=1S/C11H9ClF3NO2/c1-2-11(15,9(13)14)18-10(17)16-8-5-3-7(12)4-6-8/h2-6,9H,1H2,(H,16,17). The first-order valence-electron chi connectivity index (χ1n) is 4.73. The predicted octanol–water partition coefficient (Wildman–Crippen LogP) is 4.01. The van der Waals surface area contributed by atoms with Crippen molar-refractivity contribution in [1.82, 2.24) is 0 Å². The molecule has 1 aromatic carbocycles. The number of benzene rings is 1. The molecule has 0 aliphatic rings. The van der Waals surface area contributed by atoms with Gasteiger partial charge in [0.2, 0.25) is 0 Å². The fourth-order valence-corrected chi connectivity index (χ4v) is 1.12. The van der Waals surface area contributed by atoms with Crippen LogP contribution in [0.2, 0.25) is 5.02 Å². The van der Waals surface area contributed by atoms with Crippen molar-refractivity contribution in [2.24, 2.45) is 0 Å². The van der Waals surface area contributed by atoms with E-state index in [4.69, 9.17) is 11.6 Å². The molecule has 0 saturated heterocycles. The van der Waals surface area contributed by atoms with Crippen molar-refractivity contribution >= 4 is 23.4 Å². The number of nitrogens with one attached hydrogen (secondary N) is 1. The van der Waals surface area contributed by atoms with Crippen molar-refractivity contribution in [3.8, 4) is 0 Å². The zero-order valence-electron chi connectivity index (χ0n) is 9.00. The SMILES string of the molecule is C=CC(F)(OC(=O)Nc1ccc(Cl)cc1)C(F)F. The molecule has 1 rings (SSSR count). The summed E-state index contributed by atoms with van der Waals surface area (Å²) in [6.07, 6.45) is -4.66. The third-order valence-electron chi connectivity index (χ3n) is 1.92. The topological polar surface area (TPSA) is 38.3 Å². The summed E-state index contributed by atoms with van der Waals surface area (Å²) < 4.78 is 41.8. The lowest BCUT2D eigenvalue weighted by Gasteiger charge is -2.20. The van der Waals surface area contributed by atoms with Crippen molar-refractivity contribution in [3.63, 3.8) is 0 Å². The first-order valence-corrected chi connectivity index (χ1v) is 5.11. The Morgan fingerprint density at radius 2 is 2.00 bits per heavy atom. The molecule has 1 aromatic rings. The third-order valence-corrected chi connectivity index (χ3v) is 2.17. The molecule has 0 heterocycles. The van der Waals surface area contributed by atoms with Gasteiger partial charge >= 0.3 is 18.4 Å². The summed E-state index contributed by atoms with van der Waals surface area (Å²) in [5, 5.41) is 2.50. The Labute approximate surface area is 106 Å². The van der Waals surface area contributed by atoms with Crippen LogP contribution in [0.25, 0.3) is 0 Å². The maximum absolute atomic E-state index is 13.3. The Balaban J connectivity index is 2.66. The second kappa shape index (κ2) is 5.77. The number of rotatable bonds is 4. The van der Waals surface area contributed by atoms with Crippen LogP contribution in [0.3, 0.4) is 0 Å². The van der Waals surface area contributed by atoms with Crippen molar-refractivity contribution in [2.75, 3.05) is 5.32 Å². The number of amides is 1. The molecule has 0 aliphatic carbocycles. The third kappa shape index (κ3) is 3.66. The number of anilines is 1. The van der Waals surface area contributed by atoms with Gasteiger partial charge in [0.05, 0.1) is 0 Å².